The van der Waals surface area contributed by atoms with Gasteiger partial charge in [0.2, 0.25) is 0 Å². The van der Waals surface area contributed by atoms with E-state index < -0.39 is 0 Å². The Bertz CT molecular complexity index is 653. The first-order valence-electron chi connectivity index (χ1n) is 8.49. The SMILES string of the molecule is C=Cc1ccc(C)c(C2(C)C=C/C(=C/C(C)(C)C3CC3)C2)c1. The molecule has 0 aliphatic heterocycles. The van der Waals surface area contributed by atoms with E-state index in [9.17, 15) is 0 Å². The maximum Gasteiger partial charge on any atom is 0.0150 e. The monoisotopic (exact) mass is 292 g/mol. The maximum absolute atomic E-state index is 3.91. The van der Waals surface area contributed by atoms with Crippen molar-refractivity contribution in [3.63, 3.8) is 0 Å². The summed E-state index contributed by atoms with van der Waals surface area (Å²) < 4.78 is 0. The molecule has 0 aromatic heterocycles. The third-order valence-corrected chi connectivity index (χ3v) is 5.54. The summed E-state index contributed by atoms with van der Waals surface area (Å²) in [6.07, 6.45) is 13.1. The van der Waals surface area contributed by atoms with Crippen LogP contribution in [0.2, 0.25) is 0 Å². The van der Waals surface area contributed by atoms with Gasteiger partial charge in [-0.15, -0.1) is 0 Å². The van der Waals surface area contributed by atoms with Crippen LogP contribution in [0.25, 0.3) is 6.08 Å². The molecular weight excluding hydrogens is 264 g/mol. The summed E-state index contributed by atoms with van der Waals surface area (Å²) in [7, 11) is 0. The number of allylic oxidation sites excluding steroid dienone is 4. The molecule has 0 saturated heterocycles. The third-order valence-electron chi connectivity index (χ3n) is 5.54. The third kappa shape index (κ3) is 2.84. The minimum atomic E-state index is 0.120. The molecule has 1 aromatic rings. The number of hydrogen-bond acceptors (Lipinski definition) is 0. The van der Waals surface area contributed by atoms with Gasteiger partial charge in [-0.25, -0.2) is 0 Å². The lowest BCUT2D eigenvalue weighted by Gasteiger charge is -2.26. The Morgan fingerprint density at radius 2 is 2.00 bits per heavy atom. The van der Waals surface area contributed by atoms with E-state index in [-0.39, 0.29) is 5.41 Å². The van der Waals surface area contributed by atoms with Gasteiger partial charge < -0.3 is 0 Å². The molecule has 0 radical (unpaired) electrons. The second kappa shape index (κ2) is 5.26. The normalized spacial score (nSPS) is 26.6. The van der Waals surface area contributed by atoms with Gasteiger partial charge in [-0.2, -0.15) is 0 Å². The molecular formula is C22H28. The van der Waals surface area contributed by atoms with Crippen LogP contribution in [0.3, 0.4) is 0 Å². The molecule has 0 N–H and O–H groups in total. The van der Waals surface area contributed by atoms with Crippen LogP contribution in [0.15, 0.2) is 48.6 Å². The molecule has 1 atom stereocenters. The average Bonchev–Trinajstić information content (AvgIpc) is 3.25. The van der Waals surface area contributed by atoms with Gasteiger partial charge in [-0.05, 0) is 54.2 Å². The minimum Gasteiger partial charge on any atom is -0.0985 e. The Hall–Kier alpha value is -1.56. The van der Waals surface area contributed by atoms with Crippen molar-refractivity contribution in [2.45, 2.75) is 52.4 Å². The van der Waals surface area contributed by atoms with Crippen LogP contribution in [-0.2, 0) is 5.41 Å². The number of hydrogen-bond donors (Lipinski definition) is 0. The van der Waals surface area contributed by atoms with Crippen molar-refractivity contribution in [2.75, 3.05) is 0 Å². The standard InChI is InChI=1S/C22H28/c1-6-17-8-7-16(2)20(13-17)22(5)12-11-18(15-22)14-21(3,4)19-9-10-19/h6-8,11-14,19H,1,9-10,15H2,2-5H3/b18-14-. The lowest BCUT2D eigenvalue weighted by atomic mass is 9.77. The van der Waals surface area contributed by atoms with Crippen LogP contribution in [0.4, 0.5) is 0 Å². The van der Waals surface area contributed by atoms with Crippen LogP contribution < -0.4 is 0 Å². The maximum atomic E-state index is 3.91. The van der Waals surface area contributed by atoms with Gasteiger partial charge in [-0.1, -0.05) is 75.4 Å². The molecule has 2 aliphatic rings. The van der Waals surface area contributed by atoms with Crippen molar-refractivity contribution < 1.29 is 0 Å². The molecule has 1 saturated carbocycles. The van der Waals surface area contributed by atoms with Gasteiger partial charge in [0, 0.05) is 5.41 Å². The molecule has 1 unspecified atom stereocenters. The predicted octanol–water partition coefficient (Wildman–Crippen LogP) is 6.22. The number of benzene rings is 1. The Morgan fingerprint density at radius 3 is 2.64 bits per heavy atom. The van der Waals surface area contributed by atoms with E-state index >= 15 is 0 Å². The van der Waals surface area contributed by atoms with Crippen molar-refractivity contribution in [3.05, 3.63) is 65.3 Å². The summed E-state index contributed by atoms with van der Waals surface area (Å²) in [5.74, 6) is 0.895. The second-order valence-corrected chi connectivity index (χ2v) is 8.02. The van der Waals surface area contributed by atoms with Crippen LogP contribution in [-0.4, -0.2) is 0 Å². The van der Waals surface area contributed by atoms with E-state index in [0.717, 1.165) is 12.3 Å². The molecule has 0 amide bonds. The van der Waals surface area contributed by atoms with Gasteiger partial charge in [0.15, 0.2) is 0 Å². The summed E-state index contributed by atoms with van der Waals surface area (Å²) in [5.41, 5.74) is 6.00. The van der Waals surface area contributed by atoms with E-state index in [2.05, 4.69) is 70.7 Å². The first kappa shape index (κ1) is 15.3. The highest BCUT2D eigenvalue weighted by Gasteiger charge is 2.37. The molecule has 1 aromatic carbocycles. The van der Waals surface area contributed by atoms with Gasteiger partial charge in [0.05, 0.1) is 0 Å². The van der Waals surface area contributed by atoms with Gasteiger partial charge in [0.25, 0.3) is 0 Å². The summed E-state index contributed by atoms with van der Waals surface area (Å²) in [4.78, 5) is 0. The average molecular weight is 292 g/mol. The zero-order chi connectivity index (χ0) is 16.0. The molecule has 1 fully saturated rings. The summed E-state index contributed by atoms with van der Waals surface area (Å²) >= 11 is 0. The van der Waals surface area contributed by atoms with Crippen LogP contribution in [0, 0.1) is 18.3 Å². The molecule has 0 spiro atoms. The van der Waals surface area contributed by atoms with E-state index in [0.29, 0.717) is 5.41 Å². The highest BCUT2D eigenvalue weighted by Crippen LogP contribution is 2.48. The molecule has 0 heterocycles. The number of aryl methyl sites for hydroxylation is 1. The zero-order valence-corrected chi connectivity index (χ0v) is 14.4. The van der Waals surface area contributed by atoms with Crippen molar-refractivity contribution in [1.29, 1.82) is 0 Å². The topological polar surface area (TPSA) is 0 Å². The fourth-order valence-corrected chi connectivity index (χ4v) is 3.92. The van der Waals surface area contributed by atoms with Gasteiger partial charge in [-0.3, -0.25) is 0 Å². The van der Waals surface area contributed by atoms with E-state index in [4.69, 9.17) is 0 Å². The van der Waals surface area contributed by atoms with Crippen LogP contribution in [0.1, 0.15) is 56.7 Å². The Morgan fingerprint density at radius 1 is 1.27 bits per heavy atom. The first-order chi connectivity index (χ1) is 10.3. The van der Waals surface area contributed by atoms with Crippen molar-refractivity contribution >= 4 is 6.08 Å². The quantitative estimate of drug-likeness (QED) is 0.618. The second-order valence-electron chi connectivity index (χ2n) is 8.02. The van der Waals surface area contributed by atoms with Gasteiger partial charge in [0.1, 0.15) is 0 Å². The molecule has 0 bridgehead atoms. The van der Waals surface area contributed by atoms with E-state index in [1.807, 2.05) is 6.08 Å². The summed E-state index contributed by atoms with van der Waals surface area (Å²) in [6, 6.07) is 6.68. The molecule has 3 rings (SSSR count). The van der Waals surface area contributed by atoms with Crippen molar-refractivity contribution in [2.24, 2.45) is 11.3 Å². The molecule has 2 aliphatic carbocycles. The Labute approximate surface area is 135 Å². The smallest absolute Gasteiger partial charge is 0.0150 e. The summed E-state index contributed by atoms with van der Waals surface area (Å²) in [5, 5.41) is 0. The van der Waals surface area contributed by atoms with Crippen LogP contribution >= 0.6 is 0 Å². The van der Waals surface area contributed by atoms with Crippen molar-refractivity contribution in [1.82, 2.24) is 0 Å². The summed E-state index contributed by atoms with van der Waals surface area (Å²) in [6.45, 7) is 13.3. The Kier molecular flexibility index (Phi) is 3.67. The van der Waals surface area contributed by atoms with E-state index in [1.54, 1.807) is 0 Å². The molecule has 116 valence electrons. The first-order valence-corrected chi connectivity index (χ1v) is 8.49. The fourth-order valence-electron chi connectivity index (χ4n) is 3.92. The van der Waals surface area contributed by atoms with Crippen molar-refractivity contribution in [3.8, 4) is 0 Å². The molecule has 0 nitrogen and oxygen atoms in total. The number of rotatable bonds is 4. The van der Waals surface area contributed by atoms with Gasteiger partial charge >= 0.3 is 0 Å². The molecule has 0 heteroatoms. The largest absolute Gasteiger partial charge is 0.0985 e. The highest BCUT2D eigenvalue weighted by atomic mass is 14.4. The van der Waals surface area contributed by atoms with Crippen LogP contribution in [0.5, 0.6) is 0 Å². The highest BCUT2D eigenvalue weighted by molar-refractivity contribution is 5.54. The van der Waals surface area contributed by atoms with E-state index in [1.165, 1.54) is 35.1 Å². The fraction of sp³-hybridized carbons (Fsp3) is 0.455. The lowest BCUT2D eigenvalue weighted by molar-refractivity contribution is 0.407. The zero-order valence-electron chi connectivity index (χ0n) is 14.4. The predicted molar refractivity (Wildman–Crippen MR) is 97.0 cm³/mol. The lowest BCUT2D eigenvalue weighted by Crippen LogP contribution is -2.18. The molecule has 22 heavy (non-hydrogen) atoms. The minimum absolute atomic E-state index is 0.120. The Balaban J connectivity index is 1.89.